The van der Waals surface area contributed by atoms with Crippen molar-refractivity contribution < 1.29 is 17.2 Å². The summed E-state index contributed by atoms with van der Waals surface area (Å²) in [7, 11) is -3.99. The van der Waals surface area contributed by atoms with E-state index in [4.69, 9.17) is 5.73 Å². The minimum absolute atomic E-state index is 0. The summed E-state index contributed by atoms with van der Waals surface area (Å²) in [5.74, 6) is -3.26. The predicted molar refractivity (Wildman–Crippen MR) is 64.3 cm³/mol. The number of alkyl halides is 2. The highest BCUT2D eigenvalue weighted by atomic mass is 35.5. The molecule has 1 aromatic heterocycles. The summed E-state index contributed by atoms with van der Waals surface area (Å²) < 4.78 is 52.1. The Hall–Kier alpha value is -0.770. The first-order chi connectivity index (χ1) is 7.82. The van der Waals surface area contributed by atoms with Gasteiger partial charge in [0.25, 0.3) is 15.9 Å². The van der Waals surface area contributed by atoms with Crippen LogP contribution in [0.15, 0.2) is 17.3 Å². The fraction of sp³-hybridized carbons (Fsp3) is 0.625. The molecule has 1 rings (SSSR count). The van der Waals surface area contributed by atoms with Crippen molar-refractivity contribution in [3.8, 4) is 0 Å². The average Bonchev–Trinajstić information content (AvgIpc) is 2.75. The van der Waals surface area contributed by atoms with Gasteiger partial charge in [-0.25, -0.2) is 21.9 Å². The number of nitrogens with two attached hydrogens (primary N) is 1. The molecular weight excluding hydrogens is 290 g/mol. The van der Waals surface area contributed by atoms with Gasteiger partial charge in [0.15, 0.2) is 5.03 Å². The van der Waals surface area contributed by atoms with Crippen molar-refractivity contribution in [2.75, 3.05) is 13.1 Å². The SMILES string of the molecule is CCn1nccc1S(=O)(=O)NCC(F)(F)CN.Cl. The van der Waals surface area contributed by atoms with Crippen LogP contribution in [0.2, 0.25) is 0 Å². The largest absolute Gasteiger partial charge is 0.325 e. The summed E-state index contributed by atoms with van der Waals surface area (Å²) in [6.45, 7) is 0.0837. The van der Waals surface area contributed by atoms with E-state index in [0.29, 0.717) is 6.54 Å². The minimum Gasteiger partial charge on any atom is -0.325 e. The molecule has 1 heterocycles. The molecule has 1 aromatic rings. The van der Waals surface area contributed by atoms with E-state index in [1.54, 1.807) is 6.92 Å². The quantitative estimate of drug-likeness (QED) is 0.785. The van der Waals surface area contributed by atoms with E-state index >= 15 is 0 Å². The highest BCUT2D eigenvalue weighted by Gasteiger charge is 2.30. The van der Waals surface area contributed by atoms with Crippen LogP contribution in [0.1, 0.15) is 6.92 Å². The standard InChI is InChI=1S/C8H14F2N4O2S.ClH/c1-2-14-7(3-4-12-14)17(15,16)13-6-8(9,10)5-11;/h3-4,13H,2,5-6,11H2,1H3;1H. The summed E-state index contributed by atoms with van der Waals surface area (Å²) in [5, 5.41) is 3.61. The lowest BCUT2D eigenvalue weighted by molar-refractivity contribution is 0.0170. The maximum atomic E-state index is 12.8. The van der Waals surface area contributed by atoms with Crippen LogP contribution in [0.3, 0.4) is 0 Å². The van der Waals surface area contributed by atoms with Crippen molar-refractivity contribution in [2.45, 2.75) is 24.4 Å². The molecule has 0 amide bonds. The number of aromatic nitrogens is 2. The molecule has 0 saturated heterocycles. The summed E-state index contributed by atoms with van der Waals surface area (Å²) in [4.78, 5) is 0. The van der Waals surface area contributed by atoms with E-state index in [1.807, 2.05) is 4.72 Å². The van der Waals surface area contributed by atoms with Gasteiger partial charge in [-0.3, -0.25) is 4.68 Å². The molecule has 0 radical (unpaired) electrons. The third-order valence-corrected chi connectivity index (χ3v) is 3.49. The molecule has 0 atom stereocenters. The molecule has 106 valence electrons. The lowest BCUT2D eigenvalue weighted by atomic mass is 10.3. The number of hydrogen-bond acceptors (Lipinski definition) is 4. The molecule has 6 nitrogen and oxygen atoms in total. The van der Waals surface area contributed by atoms with Gasteiger partial charge in [-0.05, 0) is 13.0 Å². The Morgan fingerprint density at radius 2 is 2.17 bits per heavy atom. The Bertz CT molecular complexity index is 477. The van der Waals surface area contributed by atoms with E-state index in [9.17, 15) is 17.2 Å². The fourth-order valence-corrected chi connectivity index (χ4v) is 2.38. The van der Waals surface area contributed by atoms with E-state index in [1.165, 1.54) is 16.9 Å². The van der Waals surface area contributed by atoms with Crippen LogP contribution in [-0.4, -0.2) is 37.2 Å². The maximum absolute atomic E-state index is 12.8. The molecule has 0 aliphatic carbocycles. The van der Waals surface area contributed by atoms with Crippen molar-refractivity contribution in [1.82, 2.24) is 14.5 Å². The van der Waals surface area contributed by atoms with Gasteiger partial charge in [0.05, 0.1) is 19.3 Å². The van der Waals surface area contributed by atoms with Crippen molar-refractivity contribution in [3.05, 3.63) is 12.3 Å². The number of sulfonamides is 1. The van der Waals surface area contributed by atoms with Crippen LogP contribution in [0.5, 0.6) is 0 Å². The normalized spacial score (nSPS) is 12.2. The van der Waals surface area contributed by atoms with E-state index in [2.05, 4.69) is 5.10 Å². The molecule has 0 aliphatic rings. The summed E-state index contributed by atoms with van der Waals surface area (Å²) in [6.07, 6.45) is 1.29. The zero-order chi connectivity index (χ0) is 13.1. The van der Waals surface area contributed by atoms with E-state index in [-0.39, 0.29) is 17.4 Å². The number of hydrogen-bond donors (Lipinski definition) is 2. The summed E-state index contributed by atoms with van der Waals surface area (Å²) >= 11 is 0. The second-order valence-electron chi connectivity index (χ2n) is 3.37. The smallest absolute Gasteiger partial charge is 0.273 e. The predicted octanol–water partition coefficient (Wildman–Crippen LogP) is 0.197. The average molecular weight is 305 g/mol. The Labute approximate surface area is 110 Å². The van der Waals surface area contributed by atoms with Crippen LogP contribution < -0.4 is 10.5 Å². The summed E-state index contributed by atoms with van der Waals surface area (Å²) in [5.41, 5.74) is 4.81. The van der Waals surface area contributed by atoms with Crippen LogP contribution >= 0.6 is 12.4 Å². The second-order valence-corrected chi connectivity index (χ2v) is 5.08. The van der Waals surface area contributed by atoms with Crippen molar-refractivity contribution in [2.24, 2.45) is 5.73 Å². The summed E-state index contributed by atoms with van der Waals surface area (Å²) in [6, 6.07) is 1.24. The zero-order valence-electron chi connectivity index (χ0n) is 9.64. The molecule has 10 heteroatoms. The topological polar surface area (TPSA) is 90.0 Å². The monoisotopic (exact) mass is 304 g/mol. The molecule has 0 aliphatic heterocycles. The van der Waals surface area contributed by atoms with Crippen LogP contribution in [0.4, 0.5) is 8.78 Å². The van der Waals surface area contributed by atoms with Gasteiger partial charge in [0.1, 0.15) is 0 Å². The Morgan fingerprint density at radius 1 is 1.56 bits per heavy atom. The van der Waals surface area contributed by atoms with Crippen molar-refractivity contribution >= 4 is 22.4 Å². The highest BCUT2D eigenvalue weighted by molar-refractivity contribution is 7.89. The molecule has 0 unspecified atom stereocenters. The maximum Gasteiger partial charge on any atom is 0.273 e. The molecule has 0 fully saturated rings. The fourth-order valence-electron chi connectivity index (χ4n) is 1.13. The minimum atomic E-state index is -3.99. The van der Waals surface area contributed by atoms with Gasteiger partial charge < -0.3 is 5.73 Å². The van der Waals surface area contributed by atoms with E-state index in [0.717, 1.165) is 0 Å². The lowest BCUT2D eigenvalue weighted by Gasteiger charge is -2.14. The number of nitrogens with one attached hydrogen (secondary N) is 1. The lowest BCUT2D eigenvalue weighted by Crippen LogP contribution is -2.41. The van der Waals surface area contributed by atoms with Gasteiger partial charge in [0, 0.05) is 6.54 Å². The zero-order valence-corrected chi connectivity index (χ0v) is 11.3. The van der Waals surface area contributed by atoms with Gasteiger partial charge in [0.2, 0.25) is 0 Å². The van der Waals surface area contributed by atoms with E-state index < -0.39 is 29.0 Å². The van der Waals surface area contributed by atoms with Crippen LogP contribution in [0.25, 0.3) is 0 Å². The van der Waals surface area contributed by atoms with Gasteiger partial charge in [-0.2, -0.15) is 5.10 Å². The molecule has 3 N–H and O–H groups in total. The first kappa shape index (κ1) is 17.2. The molecular formula is C8H15ClF2N4O2S. The third-order valence-electron chi connectivity index (χ3n) is 2.07. The Kier molecular flexibility index (Phi) is 6.14. The van der Waals surface area contributed by atoms with Gasteiger partial charge in [-0.15, -0.1) is 12.4 Å². The van der Waals surface area contributed by atoms with Gasteiger partial charge >= 0.3 is 0 Å². The number of rotatable bonds is 6. The first-order valence-electron chi connectivity index (χ1n) is 4.92. The third kappa shape index (κ3) is 4.16. The number of nitrogens with zero attached hydrogens (tertiary/aromatic N) is 2. The Balaban J connectivity index is 0.00000289. The van der Waals surface area contributed by atoms with Crippen LogP contribution in [-0.2, 0) is 16.6 Å². The van der Waals surface area contributed by atoms with Crippen molar-refractivity contribution in [3.63, 3.8) is 0 Å². The second kappa shape index (κ2) is 6.41. The molecule has 0 spiro atoms. The molecule has 18 heavy (non-hydrogen) atoms. The molecule has 0 bridgehead atoms. The molecule has 0 aromatic carbocycles. The first-order valence-corrected chi connectivity index (χ1v) is 6.40. The van der Waals surface area contributed by atoms with Gasteiger partial charge in [-0.1, -0.05) is 0 Å². The number of aryl methyl sites for hydroxylation is 1. The number of halogens is 3. The van der Waals surface area contributed by atoms with Crippen molar-refractivity contribution in [1.29, 1.82) is 0 Å². The van der Waals surface area contributed by atoms with Crippen LogP contribution in [0, 0.1) is 0 Å². The Morgan fingerprint density at radius 3 is 2.67 bits per heavy atom. The molecule has 0 saturated carbocycles. The highest BCUT2D eigenvalue weighted by Crippen LogP contribution is 2.12.